The van der Waals surface area contributed by atoms with Crippen LogP contribution < -0.4 is 4.72 Å². The van der Waals surface area contributed by atoms with Gasteiger partial charge in [-0.25, -0.2) is 17.5 Å². The summed E-state index contributed by atoms with van der Waals surface area (Å²) in [5, 5.41) is 0. The highest BCUT2D eigenvalue weighted by Crippen LogP contribution is 2.20. The van der Waals surface area contributed by atoms with Gasteiger partial charge in [-0.05, 0) is 55.2 Å². The predicted octanol–water partition coefficient (Wildman–Crippen LogP) is 3.74. The fourth-order valence-corrected chi connectivity index (χ4v) is 3.78. The van der Waals surface area contributed by atoms with Crippen molar-refractivity contribution in [1.29, 1.82) is 0 Å². The van der Waals surface area contributed by atoms with E-state index in [1.54, 1.807) is 13.8 Å². The highest BCUT2D eigenvalue weighted by molar-refractivity contribution is 7.89. The molecule has 0 saturated carbocycles. The number of hydrogen-bond acceptors (Lipinski definition) is 2. The number of aryl methyl sites for hydroxylation is 2. The van der Waals surface area contributed by atoms with Crippen LogP contribution in [0, 0.1) is 12.7 Å². The Hall–Kier alpha value is -1.72. The quantitative estimate of drug-likeness (QED) is 0.912. The average Bonchev–Trinajstić information content (AvgIpc) is 2.46. The zero-order valence-electron chi connectivity index (χ0n) is 12.9. The lowest BCUT2D eigenvalue weighted by molar-refractivity contribution is 0.565. The molecule has 0 unspecified atom stereocenters. The summed E-state index contributed by atoms with van der Waals surface area (Å²) < 4.78 is 40.6. The molecule has 2 aromatic carbocycles. The van der Waals surface area contributed by atoms with Gasteiger partial charge in [0.25, 0.3) is 0 Å². The van der Waals surface area contributed by atoms with Gasteiger partial charge < -0.3 is 0 Å². The second-order valence-corrected chi connectivity index (χ2v) is 7.03. The lowest BCUT2D eigenvalue weighted by atomic mass is 10.1. The van der Waals surface area contributed by atoms with Crippen LogP contribution in [0.5, 0.6) is 0 Å². The predicted molar refractivity (Wildman–Crippen MR) is 85.7 cm³/mol. The molecule has 0 aromatic heterocycles. The first-order chi connectivity index (χ1) is 10.3. The maximum Gasteiger partial charge on any atom is 0.241 e. The summed E-state index contributed by atoms with van der Waals surface area (Å²) in [4.78, 5) is 0.103. The highest BCUT2D eigenvalue weighted by Gasteiger charge is 2.20. The molecule has 2 aromatic rings. The summed E-state index contributed by atoms with van der Waals surface area (Å²) in [6.07, 6.45) is 0.940. The number of nitrogens with one attached hydrogen (secondary N) is 1. The fraction of sp³-hybridized carbons (Fsp3) is 0.294. The van der Waals surface area contributed by atoms with E-state index in [-0.39, 0.29) is 10.9 Å². The van der Waals surface area contributed by atoms with Crippen LogP contribution in [0.25, 0.3) is 0 Å². The van der Waals surface area contributed by atoms with Gasteiger partial charge in [-0.3, -0.25) is 0 Å². The highest BCUT2D eigenvalue weighted by atomic mass is 32.2. The van der Waals surface area contributed by atoms with Crippen molar-refractivity contribution >= 4 is 10.0 Å². The molecule has 0 amide bonds. The number of benzene rings is 2. The molecule has 0 fully saturated rings. The summed E-state index contributed by atoms with van der Waals surface area (Å²) in [5.74, 6) is -0.445. The molecule has 0 spiro atoms. The Balaban J connectivity index is 2.23. The van der Waals surface area contributed by atoms with Crippen molar-refractivity contribution in [2.24, 2.45) is 0 Å². The van der Waals surface area contributed by atoms with E-state index in [0.717, 1.165) is 18.1 Å². The molecular formula is C17H20FNO2S. The van der Waals surface area contributed by atoms with Crippen LogP contribution in [0.15, 0.2) is 47.4 Å². The van der Waals surface area contributed by atoms with Gasteiger partial charge in [0.1, 0.15) is 5.82 Å². The Labute approximate surface area is 131 Å². The van der Waals surface area contributed by atoms with Crippen molar-refractivity contribution in [3.8, 4) is 0 Å². The van der Waals surface area contributed by atoms with Crippen molar-refractivity contribution in [1.82, 2.24) is 4.72 Å². The van der Waals surface area contributed by atoms with E-state index in [4.69, 9.17) is 0 Å². The third kappa shape index (κ3) is 3.72. The van der Waals surface area contributed by atoms with Crippen LogP contribution in [0.4, 0.5) is 4.39 Å². The number of rotatable bonds is 5. The van der Waals surface area contributed by atoms with E-state index in [1.165, 1.54) is 17.7 Å². The average molecular weight is 321 g/mol. The molecule has 0 bridgehead atoms. The summed E-state index contributed by atoms with van der Waals surface area (Å²) in [6, 6.07) is 11.1. The molecule has 0 saturated heterocycles. The van der Waals surface area contributed by atoms with Crippen molar-refractivity contribution in [2.45, 2.75) is 38.1 Å². The first kappa shape index (κ1) is 16.6. The minimum absolute atomic E-state index is 0.103. The smallest absolute Gasteiger partial charge is 0.207 e. The van der Waals surface area contributed by atoms with E-state index < -0.39 is 15.8 Å². The molecule has 1 atom stereocenters. The molecule has 0 heterocycles. The van der Waals surface area contributed by atoms with E-state index in [1.807, 2.05) is 24.3 Å². The number of hydrogen-bond donors (Lipinski definition) is 1. The molecule has 0 aliphatic heterocycles. The summed E-state index contributed by atoms with van der Waals surface area (Å²) in [6.45, 7) is 5.44. The molecule has 5 heteroatoms. The van der Waals surface area contributed by atoms with Gasteiger partial charge in [0, 0.05) is 6.04 Å². The minimum atomic E-state index is -3.69. The first-order valence-corrected chi connectivity index (χ1v) is 8.69. The molecule has 0 aliphatic rings. The number of halogens is 1. The van der Waals surface area contributed by atoms with Gasteiger partial charge in [0.05, 0.1) is 4.90 Å². The zero-order chi connectivity index (χ0) is 16.3. The lowest BCUT2D eigenvalue weighted by Gasteiger charge is -2.16. The molecule has 2 rings (SSSR count). The summed E-state index contributed by atoms with van der Waals surface area (Å²) in [7, 11) is -3.69. The van der Waals surface area contributed by atoms with Crippen LogP contribution in [0.1, 0.15) is 36.6 Å². The largest absolute Gasteiger partial charge is 0.241 e. The van der Waals surface area contributed by atoms with E-state index in [0.29, 0.717) is 5.56 Å². The van der Waals surface area contributed by atoms with Crippen LogP contribution in [0.2, 0.25) is 0 Å². The van der Waals surface area contributed by atoms with E-state index in [9.17, 15) is 12.8 Å². The second-order valence-electron chi connectivity index (χ2n) is 5.35. The monoisotopic (exact) mass is 321 g/mol. The van der Waals surface area contributed by atoms with Crippen molar-refractivity contribution in [3.05, 3.63) is 65.0 Å². The van der Waals surface area contributed by atoms with Gasteiger partial charge in [0.15, 0.2) is 0 Å². The number of sulfonamides is 1. The molecular weight excluding hydrogens is 301 g/mol. The van der Waals surface area contributed by atoms with Gasteiger partial charge >= 0.3 is 0 Å². The molecule has 1 N–H and O–H groups in total. The van der Waals surface area contributed by atoms with E-state index in [2.05, 4.69) is 11.6 Å². The normalized spacial score (nSPS) is 13.1. The Kier molecular flexibility index (Phi) is 4.98. The second kappa shape index (κ2) is 6.58. The maximum atomic E-state index is 13.1. The molecule has 22 heavy (non-hydrogen) atoms. The minimum Gasteiger partial charge on any atom is -0.207 e. The Bertz CT molecular complexity index is 755. The molecule has 0 aliphatic carbocycles. The van der Waals surface area contributed by atoms with Crippen molar-refractivity contribution in [3.63, 3.8) is 0 Å². The summed E-state index contributed by atoms with van der Waals surface area (Å²) in [5.41, 5.74) is 2.48. The van der Waals surface area contributed by atoms with E-state index >= 15 is 0 Å². The van der Waals surface area contributed by atoms with Gasteiger partial charge in [-0.2, -0.15) is 0 Å². The van der Waals surface area contributed by atoms with Crippen LogP contribution in [-0.2, 0) is 16.4 Å². The standard InChI is InChI=1S/C17H20FNO2S/c1-4-14-5-7-15(8-6-14)13(3)19-22(20,21)17-10-9-16(18)11-12(17)2/h5-11,13,19H,4H2,1-3H3/t13-/m1/s1. The molecule has 0 radical (unpaired) electrons. The third-order valence-electron chi connectivity index (χ3n) is 3.65. The Morgan fingerprint density at radius 3 is 2.32 bits per heavy atom. The van der Waals surface area contributed by atoms with Gasteiger partial charge in [-0.15, -0.1) is 0 Å². The zero-order valence-corrected chi connectivity index (χ0v) is 13.7. The van der Waals surface area contributed by atoms with Crippen LogP contribution in [-0.4, -0.2) is 8.42 Å². The van der Waals surface area contributed by atoms with Crippen LogP contribution >= 0.6 is 0 Å². The topological polar surface area (TPSA) is 46.2 Å². The van der Waals surface area contributed by atoms with Gasteiger partial charge in [0.2, 0.25) is 10.0 Å². The molecule has 3 nitrogen and oxygen atoms in total. The fourth-order valence-electron chi connectivity index (χ4n) is 2.32. The Morgan fingerprint density at radius 2 is 1.77 bits per heavy atom. The molecule has 118 valence electrons. The maximum absolute atomic E-state index is 13.1. The summed E-state index contributed by atoms with van der Waals surface area (Å²) >= 11 is 0. The third-order valence-corrected chi connectivity index (χ3v) is 5.35. The van der Waals surface area contributed by atoms with Gasteiger partial charge in [-0.1, -0.05) is 31.2 Å². The Morgan fingerprint density at radius 1 is 1.14 bits per heavy atom. The van der Waals surface area contributed by atoms with Crippen molar-refractivity contribution in [2.75, 3.05) is 0 Å². The first-order valence-electron chi connectivity index (χ1n) is 7.21. The van der Waals surface area contributed by atoms with Crippen molar-refractivity contribution < 1.29 is 12.8 Å². The lowest BCUT2D eigenvalue weighted by Crippen LogP contribution is -2.27. The van der Waals surface area contributed by atoms with Crippen LogP contribution in [0.3, 0.4) is 0 Å². The SMILES string of the molecule is CCc1ccc([C@@H](C)NS(=O)(=O)c2ccc(F)cc2C)cc1.